The van der Waals surface area contributed by atoms with Crippen molar-refractivity contribution in [2.45, 2.75) is 13.0 Å². The zero-order valence-electron chi connectivity index (χ0n) is 11.4. The maximum atomic E-state index is 10.2. The van der Waals surface area contributed by atoms with E-state index in [0.29, 0.717) is 6.54 Å². The number of carbonyl (C=O) groups excluding carboxylic acids is 1. The summed E-state index contributed by atoms with van der Waals surface area (Å²) in [6.07, 6.45) is 1.74. The van der Waals surface area contributed by atoms with Gasteiger partial charge < -0.3 is 14.8 Å². The van der Waals surface area contributed by atoms with Crippen LogP contribution < -0.4 is 14.8 Å². The summed E-state index contributed by atoms with van der Waals surface area (Å²) >= 11 is 0. The van der Waals surface area contributed by atoms with E-state index >= 15 is 0 Å². The first kappa shape index (κ1) is 13.7. The van der Waals surface area contributed by atoms with Gasteiger partial charge in [-0.1, -0.05) is 0 Å². The summed E-state index contributed by atoms with van der Waals surface area (Å²) in [6.45, 7) is 3.44. The molecule has 5 nitrogen and oxygen atoms in total. The Balaban J connectivity index is 2.09. The van der Waals surface area contributed by atoms with E-state index in [-0.39, 0.29) is 0 Å². The van der Waals surface area contributed by atoms with Gasteiger partial charge in [0.05, 0.1) is 14.2 Å². The van der Waals surface area contributed by atoms with Crippen molar-refractivity contribution in [2.75, 3.05) is 33.9 Å². The molecule has 0 spiro atoms. The number of hydrogen-bond donors (Lipinski definition) is 1. The number of rotatable bonds is 6. The molecule has 0 radical (unpaired) electrons. The first-order valence-electron chi connectivity index (χ1n) is 6.41. The van der Waals surface area contributed by atoms with E-state index in [1.807, 2.05) is 6.07 Å². The standard InChI is InChI=1S/C14H20N2O3/c1-18-13-7-11-3-5-16(6-4-15-10-17)9-12(11)8-14(13)19-2/h7-8,10H,3-6,9H2,1-2H3,(H,15,17). The van der Waals surface area contributed by atoms with Gasteiger partial charge in [0.1, 0.15) is 0 Å². The van der Waals surface area contributed by atoms with Crippen LogP contribution in [-0.4, -0.2) is 45.2 Å². The Labute approximate surface area is 113 Å². The third kappa shape index (κ3) is 3.17. The molecular weight excluding hydrogens is 244 g/mol. The molecule has 1 aromatic carbocycles. The fraction of sp³-hybridized carbons (Fsp3) is 0.500. The van der Waals surface area contributed by atoms with Crippen LogP contribution in [0.3, 0.4) is 0 Å². The molecular formula is C14H20N2O3. The minimum absolute atomic E-state index is 0.687. The topological polar surface area (TPSA) is 50.8 Å². The predicted molar refractivity (Wildman–Crippen MR) is 72.6 cm³/mol. The Bertz CT molecular complexity index is 449. The van der Waals surface area contributed by atoms with Crippen molar-refractivity contribution in [1.29, 1.82) is 0 Å². The smallest absolute Gasteiger partial charge is 0.207 e. The van der Waals surface area contributed by atoms with Gasteiger partial charge in [0.25, 0.3) is 0 Å². The van der Waals surface area contributed by atoms with Crippen molar-refractivity contribution < 1.29 is 14.3 Å². The lowest BCUT2D eigenvalue weighted by Crippen LogP contribution is -2.35. The van der Waals surface area contributed by atoms with Crippen molar-refractivity contribution in [3.8, 4) is 11.5 Å². The molecule has 1 amide bonds. The zero-order valence-corrected chi connectivity index (χ0v) is 11.4. The van der Waals surface area contributed by atoms with E-state index in [4.69, 9.17) is 9.47 Å². The van der Waals surface area contributed by atoms with Gasteiger partial charge in [-0.3, -0.25) is 9.69 Å². The average molecular weight is 264 g/mol. The Morgan fingerprint density at radius 2 is 1.95 bits per heavy atom. The quantitative estimate of drug-likeness (QED) is 0.610. The van der Waals surface area contributed by atoms with Gasteiger partial charge in [-0.2, -0.15) is 0 Å². The van der Waals surface area contributed by atoms with Crippen LogP contribution in [0.5, 0.6) is 11.5 Å². The molecule has 19 heavy (non-hydrogen) atoms. The normalized spacial score (nSPS) is 14.6. The Hall–Kier alpha value is -1.75. The highest BCUT2D eigenvalue weighted by Crippen LogP contribution is 2.33. The number of amides is 1. The van der Waals surface area contributed by atoms with E-state index in [1.54, 1.807) is 14.2 Å². The summed E-state index contributed by atoms with van der Waals surface area (Å²) in [7, 11) is 3.31. The molecule has 5 heteroatoms. The molecule has 1 heterocycles. The van der Waals surface area contributed by atoms with Crippen LogP contribution >= 0.6 is 0 Å². The first-order valence-corrected chi connectivity index (χ1v) is 6.41. The lowest BCUT2D eigenvalue weighted by Gasteiger charge is -2.29. The van der Waals surface area contributed by atoms with Crippen molar-refractivity contribution in [3.63, 3.8) is 0 Å². The maximum Gasteiger partial charge on any atom is 0.207 e. The second-order valence-electron chi connectivity index (χ2n) is 4.57. The first-order chi connectivity index (χ1) is 9.28. The molecule has 0 atom stereocenters. The number of carbonyl (C=O) groups is 1. The number of methoxy groups -OCH3 is 2. The third-order valence-electron chi connectivity index (χ3n) is 3.45. The van der Waals surface area contributed by atoms with E-state index < -0.39 is 0 Å². The fourth-order valence-electron chi connectivity index (χ4n) is 2.41. The number of fused-ring (bicyclic) bond motifs is 1. The average Bonchev–Trinajstić information content (AvgIpc) is 2.46. The molecule has 0 saturated heterocycles. The number of ether oxygens (including phenoxy) is 2. The third-order valence-corrected chi connectivity index (χ3v) is 3.45. The predicted octanol–water partition coefficient (Wildman–Crippen LogP) is 0.808. The van der Waals surface area contributed by atoms with Gasteiger partial charge in [0.2, 0.25) is 6.41 Å². The molecule has 1 aliphatic heterocycles. The molecule has 1 N–H and O–H groups in total. The minimum Gasteiger partial charge on any atom is -0.493 e. The van der Waals surface area contributed by atoms with Gasteiger partial charge in [0.15, 0.2) is 11.5 Å². The molecule has 0 aromatic heterocycles. The number of nitrogens with one attached hydrogen (secondary N) is 1. The molecule has 0 bridgehead atoms. The molecule has 0 fully saturated rings. The minimum atomic E-state index is 0.687. The summed E-state index contributed by atoms with van der Waals surface area (Å²) in [4.78, 5) is 12.6. The van der Waals surface area contributed by atoms with Crippen LogP contribution in [0.4, 0.5) is 0 Å². The lowest BCUT2D eigenvalue weighted by molar-refractivity contribution is -0.109. The molecule has 104 valence electrons. The molecule has 0 unspecified atom stereocenters. The molecule has 1 aromatic rings. The summed E-state index contributed by atoms with van der Waals surface area (Å²) < 4.78 is 10.7. The number of benzene rings is 1. The van der Waals surface area contributed by atoms with Crippen LogP contribution in [0.15, 0.2) is 12.1 Å². The van der Waals surface area contributed by atoms with Crippen LogP contribution in [0, 0.1) is 0 Å². The SMILES string of the molecule is COc1cc2c(cc1OC)CN(CCNC=O)CC2. The fourth-order valence-corrected chi connectivity index (χ4v) is 2.41. The van der Waals surface area contributed by atoms with Gasteiger partial charge in [0, 0.05) is 26.2 Å². The Morgan fingerprint density at radius 3 is 2.58 bits per heavy atom. The van der Waals surface area contributed by atoms with Crippen LogP contribution in [0.25, 0.3) is 0 Å². The highest BCUT2D eigenvalue weighted by atomic mass is 16.5. The molecule has 2 rings (SSSR count). The summed E-state index contributed by atoms with van der Waals surface area (Å²) in [5.41, 5.74) is 2.59. The van der Waals surface area contributed by atoms with Crippen LogP contribution in [-0.2, 0) is 17.8 Å². The highest BCUT2D eigenvalue weighted by molar-refractivity contribution is 5.48. The largest absolute Gasteiger partial charge is 0.493 e. The Kier molecular flexibility index (Phi) is 4.63. The number of hydrogen-bond acceptors (Lipinski definition) is 4. The van der Waals surface area contributed by atoms with Gasteiger partial charge in [-0.15, -0.1) is 0 Å². The maximum absolute atomic E-state index is 10.2. The van der Waals surface area contributed by atoms with E-state index in [0.717, 1.165) is 44.0 Å². The van der Waals surface area contributed by atoms with E-state index in [1.165, 1.54) is 11.1 Å². The molecule has 0 saturated carbocycles. The van der Waals surface area contributed by atoms with Gasteiger partial charge in [-0.25, -0.2) is 0 Å². The van der Waals surface area contributed by atoms with Crippen molar-refractivity contribution in [3.05, 3.63) is 23.3 Å². The highest BCUT2D eigenvalue weighted by Gasteiger charge is 2.18. The summed E-state index contributed by atoms with van der Waals surface area (Å²) in [5, 5.41) is 2.69. The summed E-state index contributed by atoms with van der Waals surface area (Å²) in [6, 6.07) is 4.11. The molecule has 1 aliphatic rings. The van der Waals surface area contributed by atoms with Gasteiger partial charge >= 0.3 is 0 Å². The molecule has 0 aliphatic carbocycles. The van der Waals surface area contributed by atoms with Crippen molar-refractivity contribution in [2.24, 2.45) is 0 Å². The lowest BCUT2D eigenvalue weighted by atomic mass is 9.99. The second-order valence-corrected chi connectivity index (χ2v) is 4.57. The van der Waals surface area contributed by atoms with Crippen molar-refractivity contribution in [1.82, 2.24) is 10.2 Å². The van der Waals surface area contributed by atoms with Crippen LogP contribution in [0.1, 0.15) is 11.1 Å². The monoisotopic (exact) mass is 264 g/mol. The second kappa shape index (κ2) is 6.43. The number of nitrogens with zero attached hydrogens (tertiary/aromatic N) is 1. The van der Waals surface area contributed by atoms with Crippen molar-refractivity contribution >= 4 is 6.41 Å². The summed E-state index contributed by atoms with van der Waals surface area (Å²) in [5.74, 6) is 1.56. The van der Waals surface area contributed by atoms with Gasteiger partial charge in [-0.05, 0) is 29.7 Å². The van der Waals surface area contributed by atoms with E-state index in [2.05, 4.69) is 16.3 Å². The van der Waals surface area contributed by atoms with Crippen LogP contribution in [0.2, 0.25) is 0 Å². The zero-order chi connectivity index (χ0) is 13.7. The van der Waals surface area contributed by atoms with E-state index in [9.17, 15) is 4.79 Å². The Morgan fingerprint density at radius 1 is 1.26 bits per heavy atom.